The molecule has 3 atom stereocenters. The van der Waals surface area contributed by atoms with Gasteiger partial charge in [-0.05, 0) is 43.1 Å². The molecule has 22 heavy (non-hydrogen) atoms. The van der Waals surface area contributed by atoms with Gasteiger partial charge >= 0.3 is 0 Å². The lowest BCUT2D eigenvalue weighted by molar-refractivity contribution is -0.0628. The normalized spacial score (nSPS) is 15.5. The van der Waals surface area contributed by atoms with Gasteiger partial charge in [0.2, 0.25) is 0 Å². The lowest BCUT2D eigenvalue weighted by Gasteiger charge is -2.18. The molecule has 0 spiro atoms. The lowest BCUT2D eigenvalue weighted by Crippen LogP contribution is -2.08. The molecular weight excluding hydrogens is 387 g/mol. The number of hydrogen-bond acceptors (Lipinski definition) is 2. The van der Waals surface area contributed by atoms with E-state index in [-0.39, 0.29) is 0 Å². The summed E-state index contributed by atoms with van der Waals surface area (Å²) in [5.74, 6) is 1.62. The van der Waals surface area contributed by atoms with E-state index in [1.54, 1.807) is 0 Å². The van der Waals surface area contributed by atoms with Crippen LogP contribution < -0.4 is 0 Å². The van der Waals surface area contributed by atoms with Crippen LogP contribution in [0.25, 0.3) is 0 Å². The van der Waals surface area contributed by atoms with Crippen molar-refractivity contribution in [1.29, 1.82) is 0 Å². The maximum Gasteiger partial charge on any atom is 0.147 e. The largest absolute Gasteiger partial charge is 0.355 e. The average molecular weight is 418 g/mol. The summed E-state index contributed by atoms with van der Waals surface area (Å²) in [5, 5.41) is 0. The Kier molecular flexibility index (Phi) is 11.1. The summed E-state index contributed by atoms with van der Waals surface area (Å²) in [6.45, 7) is 8.86. The Morgan fingerprint density at radius 3 is 2.36 bits per heavy atom. The Hall–Kier alpha value is -0.130. The van der Waals surface area contributed by atoms with Crippen LogP contribution in [0.2, 0.25) is 0 Å². The first-order valence-electron chi connectivity index (χ1n) is 8.41. The molecule has 3 heteroatoms. The van der Waals surface area contributed by atoms with Gasteiger partial charge in [0.25, 0.3) is 0 Å². The van der Waals surface area contributed by atoms with Gasteiger partial charge in [-0.3, -0.25) is 0 Å². The molecule has 0 aliphatic rings. The predicted molar refractivity (Wildman–Crippen MR) is 102 cm³/mol. The third kappa shape index (κ3) is 10.6. The topological polar surface area (TPSA) is 18.5 Å². The van der Waals surface area contributed by atoms with Crippen molar-refractivity contribution in [2.45, 2.75) is 57.0 Å². The second-order valence-corrected chi connectivity index (χ2v) is 8.59. The number of ether oxygens (including phenoxy) is 2. The zero-order chi connectivity index (χ0) is 16.2. The molecule has 1 aromatic carbocycles. The van der Waals surface area contributed by atoms with Crippen LogP contribution in [0, 0.1) is 11.8 Å². The Balaban J connectivity index is 1.94. The predicted octanol–water partition coefficient (Wildman–Crippen LogP) is 5.83. The molecule has 3 unspecified atom stereocenters. The first kappa shape index (κ1) is 19.9. The summed E-state index contributed by atoms with van der Waals surface area (Å²) >= 11 is 2.52. The van der Waals surface area contributed by atoms with E-state index in [1.165, 1.54) is 24.8 Å². The molecule has 0 heterocycles. The van der Waals surface area contributed by atoms with Gasteiger partial charge in [0, 0.05) is 10.5 Å². The third-order valence-corrected chi connectivity index (χ3v) is 4.30. The molecular formula is C19H31IO2. The number of alkyl halides is 1. The zero-order valence-electron chi connectivity index (χ0n) is 14.3. The molecule has 0 amide bonds. The van der Waals surface area contributed by atoms with Crippen molar-refractivity contribution in [1.82, 2.24) is 0 Å². The molecule has 0 radical (unpaired) electrons. The molecule has 0 fully saturated rings. The maximum atomic E-state index is 5.55. The van der Waals surface area contributed by atoms with Crippen LogP contribution >= 0.6 is 22.6 Å². The standard InChI is InChI=1S/C19H31IO2/c1-16(12-17(2)13-18(3)20)8-7-11-21-15-22-14-19-9-5-4-6-10-19/h4-6,9-10,16-18H,7-8,11-15H2,1-3H3. The van der Waals surface area contributed by atoms with Gasteiger partial charge in [-0.2, -0.15) is 0 Å². The molecule has 0 aromatic heterocycles. The number of rotatable bonds is 12. The van der Waals surface area contributed by atoms with E-state index in [0.29, 0.717) is 13.4 Å². The van der Waals surface area contributed by atoms with E-state index in [1.807, 2.05) is 18.2 Å². The van der Waals surface area contributed by atoms with Crippen molar-refractivity contribution < 1.29 is 9.47 Å². The molecule has 0 aliphatic heterocycles. The smallest absolute Gasteiger partial charge is 0.147 e. The van der Waals surface area contributed by atoms with Crippen molar-refractivity contribution in [3.8, 4) is 0 Å². The Bertz CT molecular complexity index is 367. The fourth-order valence-electron chi connectivity index (χ4n) is 2.84. The van der Waals surface area contributed by atoms with Crippen LogP contribution in [-0.2, 0) is 16.1 Å². The highest BCUT2D eigenvalue weighted by molar-refractivity contribution is 14.1. The van der Waals surface area contributed by atoms with Gasteiger partial charge < -0.3 is 9.47 Å². The highest BCUT2D eigenvalue weighted by Gasteiger charge is 2.10. The molecule has 0 bridgehead atoms. The highest BCUT2D eigenvalue weighted by atomic mass is 127. The van der Waals surface area contributed by atoms with Gasteiger partial charge in [-0.15, -0.1) is 0 Å². The second-order valence-electron chi connectivity index (χ2n) is 6.46. The first-order chi connectivity index (χ1) is 10.6. The minimum Gasteiger partial charge on any atom is -0.355 e. The molecule has 2 nitrogen and oxygen atoms in total. The molecule has 0 saturated carbocycles. The van der Waals surface area contributed by atoms with Crippen molar-refractivity contribution in [2.24, 2.45) is 11.8 Å². The van der Waals surface area contributed by atoms with Crippen molar-refractivity contribution in [3.63, 3.8) is 0 Å². The van der Waals surface area contributed by atoms with Gasteiger partial charge in [0.1, 0.15) is 6.79 Å². The van der Waals surface area contributed by atoms with Crippen LogP contribution in [0.4, 0.5) is 0 Å². The van der Waals surface area contributed by atoms with Crippen LogP contribution in [-0.4, -0.2) is 17.3 Å². The van der Waals surface area contributed by atoms with Crippen LogP contribution in [0.1, 0.15) is 52.0 Å². The summed E-state index contributed by atoms with van der Waals surface area (Å²) < 4.78 is 11.8. The van der Waals surface area contributed by atoms with Crippen molar-refractivity contribution in [3.05, 3.63) is 35.9 Å². The van der Waals surface area contributed by atoms with E-state index in [9.17, 15) is 0 Å². The summed E-state index contributed by atoms with van der Waals surface area (Å²) in [5.41, 5.74) is 1.19. The molecule has 126 valence electrons. The molecule has 0 aliphatic carbocycles. The van der Waals surface area contributed by atoms with E-state index in [4.69, 9.17) is 9.47 Å². The number of halogens is 1. The third-order valence-electron chi connectivity index (χ3n) is 3.80. The fraction of sp³-hybridized carbons (Fsp3) is 0.684. The summed E-state index contributed by atoms with van der Waals surface area (Å²) in [6, 6.07) is 10.2. The Morgan fingerprint density at radius 1 is 0.955 bits per heavy atom. The minimum atomic E-state index is 0.395. The summed E-state index contributed by atoms with van der Waals surface area (Å²) in [7, 11) is 0. The quantitative estimate of drug-likeness (QED) is 0.184. The van der Waals surface area contributed by atoms with Gasteiger partial charge in [-0.25, -0.2) is 0 Å². The maximum absolute atomic E-state index is 5.55. The molecule has 1 aromatic rings. The van der Waals surface area contributed by atoms with Gasteiger partial charge in [0.15, 0.2) is 0 Å². The average Bonchev–Trinajstić information content (AvgIpc) is 2.46. The van der Waals surface area contributed by atoms with E-state index < -0.39 is 0 Å². The van der Waals surface area contributed by atoms with E-state index in [0.717, 1.165) is 28.8 Å². The van der Waals surface area contributed by atoms with Crippen molar-refractivity contribution in [2.75, 3.05) is 13.4 Å². The first-order valence-corrected chi connectivity index (χ1v) is 9.66. The van der Waals surface area contributed by atoms with Crippen LogP contribution in [0.3, 0.4) is 0 Å². The Morgan fingerprint density at radius 2 is 1.68 bits per heavy atom. The van der Waals surface area contributed by atoms with Crippen LogP contribution in [0.5, 0.6) is 0 Å². The minimum absolute atomic E-state index is 0.395. The number of benzene rings is 1. The molecule has 1 rings (SSSR count). The van der Waals surface area contributed by atoms with E-state index in [2.05, 4.69) is 55.5 Å². The Labute approximate surface area is 150 Å². The highest BCUT2D eigenvalue weighted by Crippen LogP contribution is 2.22. The van der Waals surface area contributed by atoms with Crippen LogP contribution in [0.15, 0.2) is 30.3 Å². The molecule has 0 saturated heterocycles. The lowest BCUT2D eigenvalue weighted by atomic mass is 9.91. The zero-order valence-corrected chi connectivity index (χ0v) is 16.4. The SMILES string of the molecule is CC(I)CC(C)CC(C)CCCOCOCc1ccccc1. The summed E-state index contributed by atoms with van der Waals surface area (Å²) in [6.07, 6.45) is 5.04. The molecule has 0 N–H and O–H groups in total. The second kappa shape index (κ2) is 12.3. The fourth-order valence-corrected chi connectivity index (χ4v) is 3.71. The monoisotopic (exact) mass is 418 g/mol. The van der Waals surface area contributed by atoms with E-state index >= 15 is 0 Å². The summed E-state index contributed by atoms with van der Waals surface area (Å²) in [4.78, 5) is 0. The number of hydrogen-bond donors (Lipinski definition) is 0. The van der Waals surface area contributed by atoms with Gasteiger partial charge in [-0.1, -0.05) is 73.7 Å². The van der Waals surface area contributed by atoms with Gasteiger partial charge in [0.05, 0.1) is 6.61 Å². The van der Waals surface area contributed by atoms with Crippen molar-refractivity contribution >= 4 is 22.6 Å².